The van der Waals surface area contributed by atoms with E-state index in [1.54, 1.807) is 6.07 Å². The van der Waals surface area contributed by atoms with E-state index in [9.17, 15) is 9.50 Å². The highest BCUT2D eigenvalue weighted by atomic mass is 19.1. The van der Waals surface area contributed by atoms with Crippen molar-refractivity contribution < 1.29 is 9.50 Å². The highest BCUT2D eigenvalue weighted by Crippen LogP contribution is 2.33. The van der Waals surface area contributed by atoms with Crippen LogP contribution in [0.1, 0.15) is 31.9 Å². The predicted molar refractivity (Wildman–Crippen MR) is 74.4 cm³/mol. The second-order valence-corrected chi connectivity index (χ2v) is 5.64. The zero-order valence-corrected chi connectivity index (χ0v) is 11.6. The van der Waals surface area contributed by atoms with Gasteiger partial charge in [-0.25, -0.2) is 4.39 Å². The molecule has 3 N–H and O–H groups in total. The van der Waals surface area contributed by atoms with E-state index in [0.29, 0.717) is 18.4 Å². The first-order valence-electron chi connectivity index (χ1n) is 6.95. The third-order valence-corrected chi connectivity index (χ3v) is 4.44. The molecule has 0 amide bonds. The normalized spacial score (nSPS) is 26.3. The van der Waals surface area contributed by atoms with Crippen LogP contribution in [-0.4, -0.2) is 29.6 Å². The maximum atomic E-state index is 13.0. The summed E-state index contributed by atoms with van der Waals surface area (Å²) in [5.74, 6) is 0.782. The topological polar surface area (TPSA) is 49.5 Å². The van der Waals surface area contributed by atoms with Crippen molar-refractivity contribution in [1.82, 2.24) is 4.90 Å². The SMILES string of the molecule is CC1CCN(C(C)c2ccc(F)cc2O)CC1CN. The Balaban J connectivity index is 2.13. The fraction of sp³-hybridized carbons (Fsp3) is 0.600. The number of halogens is 1. The highest BCUT2D eigenvalue weighted by molar-refractivity contribution is 5.35. The Morgan fingerprint density at radius 2 is 2.26 bits per heavy atom. The van der Waals surface area contributed by atoms with Crippen LogP contribution < -0.4 is 5.73 Å². The molecule has 3 nitrogen and oxygen atoms in total. The molecule has 3 atom stereocenters. The molecule has 1 heterocycles. The van der Waals surface area contributed by atoms with Crippen molar-refractivity contribution in [3.63, 3.8) is 0 Å². The predicted octanol–water partition coefficient (Wildman–Crippen LogP) is 2.51. The third kappa shape index (κ3) is 3.07. The molecule has 1 saturated heterocycles. The molecule has 1 fully saturated rings. The molecule has 0 radical (unpaired) electrons. The van der Waals surface area contributed by atoms with Crippen molar-refractivity contribution in [3.8, 4) is 5.75 Å². The average molecular weight is 266 g/mol. The van der Waals surface area contributed by atoms with Crippen molar-refractivity contribution in [2.24, 2.45) is 17.6 Å². The average Bonchev–Trinajstić information content (AvgIpc) is 2.38. The fourth-order valence-electron chi connectivity index (χ4n) is 2.90. The summed E-state index contributed by atoms with van der Waals surface area (Å²) in [6.07, 6.45) is 1.12. The minimum Gasteiger partial charge on any atom is -0.508 e. The summed E-state index contributed by atoms with van der Waals surface area (Å²) < 4.78 is 13.0. The zero-order valence-electron chi connectivity index (χ0n) is 11.6. The summed E-state index contributed by atoms with van der Waals surface area (Å²) in [4.78, 5) is 2.32. The Kier molecular flexibility index (Phi) is 4.42. The molecule has 0 saturated carbocycles. The molecule has 1 aromatic rings. The van der Waals surface area contributed by atoms with Gasteiger partial charge < -0.3 is 10.8 Å². The zero-order chi connectivity index (χ0) is 14.0. The largest absolute Gasteiger partial charge is 0.508 e. The van der Waals surface area contributed by atoms with Crippen LogP contribution in [0.2, 0.25) is 0 Å². The Morgan fingerprint density at radius 3 is 2.89 bits per heavy atom. The van der Waals surface area contributed by atoms with Gasteiger partial charge in [0.25, 0.3) is 0 Å². The van der Waals surface area contributed by atoms with Crippen molar-refractivity contribution in [2.45, 2.75) is 26.3 Å². The van der Waals surface area contributed by atoms with Crippen molar-refractivity contribution in [2.75, 3.05) is 19.6 Å². The monoisotopic (exact) mass is 266 g/mol. The van der Waals surface area contributed by atoms with E-state index in [0.717, 1.165) is 25.1 Å². The van der Waals surface area contributed by atoms with Gasteiger partial charge in [-0.05, 0) is 44.3 Å². The van der Waals surface area contributed by atoms with E-state index in [1.807, 2.05) is 0 Å². The van der Waals surface area contributed by atoms with E-state index in [4.69, 9.17) is 5.73 Å². The number of likely N-dealkylation sites (tertiary alicyclic amines) is 1. The lowest BCUT2D eigenvalue weighted by Gasteiger charge is -2.40. The van der Waals surface area contributed by atoms with Crippen LogP contribution in [0, 0.1) is 17.7 Å². The van der Waals surface area contributed by atoms with Gasteiger partial charge in [0.05, 0.1) is 0 Å². The maximum absolute atomic E-state index is 13.0. The number of phenols is 1. The quantitative estimate of drug-likeness (QED) is 0.884. The van der Waals surface area contributed by atoms with Gasteiger partial charge in [-0.2, -0.15) is 0 Å². The van der Waals surface area contributed by atoms with Crippen LogP contribution >= 0.6 is 0 Å². The number of aromatic hydroxyl groups is 1. The summed E-state index contributed by atoms with van der Waals surface area (Å²) in [5.41, 5.74) is 6.60. The van der Waals surface area contributed by atoms with E-state index in [1.165, 1.54) is 12.1 Å². The minimum absolute atomic E-state index is 0.0374. The van der Waals surface area contributed by atoms with Crippen LogP contribution in [0.3, 0.4) is 0 Å². The van der Waals surface area contributed by atoms with Crippen molar-refractivity contribution in [3.05, 3.63) is 29.6 Å². The number of nitrogens with zero attached hydrogens (tertiary/aromatic N) is 1. The first-order chi connectivity index (χ1) is 9.02. The summed E-state index contributed by atoms with van der Waals surface area (Å²) in [7, 11) is 0. The third-order valence-electron chi connectivity index (χ3n) is 4.44. The first-order valence-corrected chi connectivity index (χ1v) is 6.95. The Morgan fingerprint density at radius 1 is 1.53 bits per heavy atom. The molecule has 1 aromatic carbocycles. The van der Waals surface area contributed by atoms with E-state index >= 15 is 0 Å². The minimum atomic E-state index is -0.402. The van der Waals surface area contributed by atoms with Crippen LogP contribution in [-0.2, 0) is 0 Å². The van der Waals surface area contributed by atoms with Crippen LogP contribution in [0.4, 0.5) is 4.39 Å². The van der Waals surface area contributed by atoms with E-state index in [2.05, 4.69) is 18.7 Å². The number of nitrogens with two attached hydrogens (primary N) is 1. The van der Waals surface area contributed by atoms with Crippen LogP contribution in [0.5, 0.6) is 5.75 Å². The number of piperidine rings is 1. The fourth-order valence-corrected chi connectivity index (χ4v) is 2.90. The highest BCUT2D eigenvalue weighted by Gasteiger charge is 2.29. The lowest BCUT2D eigenvalue weighted by Crippen LogP contribution is -2.43. The number of hydrogen-bond donors (Lipinski definition) is 2. The second-order valence-electron chi connectivity index (χ2n) is 5.64. The van der Waals surface area contributed by atoms with Gasteiger partial charge in [-0.15, -0.1) is 0 Å². The van der Waals surface area contributed by atoms with E-state index < -0.39 is 5.82 Å². The molecule has 106 valence electrons. The van der Waals surface area contributed by atoms with Crippen LogP contribution in [0.25, 0.3) is 0 Å². The van der Waals surface area contributed by atoms with Gasteiger partial charge in [0, 0.05) is 24.2 Å². The molecule has 0 aromatic heterocycles. The molecule has 0 aliphatic carbocycles. The van der Waals surface area contributed by atoms with Gasteiger partial charge in [-0.3, -0.25) is 4.90 Å². The van der Waals surface area contributed by atoms with E-state index in [-0.39, 0.29) is 11.8 Å². The van der Waals surface area contributed by atoms with Gasteiger partial charge in [-0.1, -0.05) is 13.0 Å². The summed E-state index contributed by atoms with van der Waals surface area (Å²) in [6.45, 7) is 6.93. The number of phenolic OH excluding ortho intramolecular Hbond substituents is 1. The Hall–Kier alpha value is -1.13. The van der Waals surface area contributed by atoms with Crippen molar-refractivity contribution in [1.29, 1.82) is 0 Å². The van der Waals surface area contributed by atoms with Crippen molar-refractivity contribution >= 4 is 0 Å². The van der Waals surface area contributed by atoms with Gasteiger partial charge in [0.1, 0.15) is 11.6 Å². The summed E-state index contributed by atoms with van der Waals surface area (Å²) >= 11 is 0. The Labute approximate surface area is 114 Å². The smallest absolute Gasteiger partial charge is 0.126 e. The molecule has 19 heavy (non-hydrogen) atoms. The molecule has 4 heteroatoms. The molecular formula is C15H23FN2O. The molecule has 0 spiro atoms. The maximum Gasteiger partial charge on any atom is 0.126 e. The van der Waals surface area contributed by atoms with Gasteiger partial charge in [0.15, 0.2) is 0 Å². The summed E-state index contributed by atoms with van der Waals surface area (Å²) in [6, 6.07) is 4.34. The molecule has 3 unspecified atom stereocenters. The van der Waals surface area contributed by atoms with Crippen LogP contribution in [0.15, 0.2) is 18.2 Å². The molecular weight excluding hydrogens is 243 g/mol. The van der Waals surface area contributed by atoms with Gasteiger partial charge in [0.2, 0.25) is 0 Å². The molecule has 2 rings (SSSR count). The second kappa shape index (κ2) is 5.88. The Bertz CT molecular complexity index is 438. The standard InChI is InChI=1S/C15H23FN2O/c1-10-5-6-18(9-12(10)8-17)11(2)14-4-3-13(16)7-15(14)19/h3-4,7,10-12,19H,5-6,8-9,17H2,1-2H3. The number of rotatable bonds is 3. The molecule has 1 aliphatic heterocycles. The number of hydrogen-bond acceptors (Lipinski definition) is 3. The molecule has 0 bridgehead atoms. The van der Waals surface area contributed by atoms with Gasteiger partial charge >= 0.3 is 0 Å². The molecule has 1 aliphatic rings. The first kappa shape index (κ1) is 14.3. The lowest BCUT2D eigenvalue weighted by atomic mass is 9.86. The number of benzene rings is 1. The summed E-state index contributed by atoms with van der Waals surface area (Å²) in [5, 5.41) is 9.88. The lowest BCUT2D eigenvalue weighted by molar-refractivity contribution is 0.0967.